The van der Waals surface area contributed by atoms with Gasteiger partial charge < -0.3 is 20.9 Å². The van der Waals surface area contributed by atoms with Gasteiger partial charge in [-0.05, 0) is 38.9 Å². The number of amides is 3. The molecule has 10 heteroatoms. The molecule has 0 aromatic rings. The number of nitrogens with one attached hydrogen (secondary N) is 3. The molecule has 0 saturated carbocycles. The summed E-state index contributed by atoms with van der Waals surface area (Å²) >= 11 is 16.3. The maximum atomic E-state index is 11.1. The molecule has 0 rings (SSSR count). The number of hydrogen-bond acceptors (Lipinski definition) is 4. The molecular formula is C15H27Cl3N4O3. The van der Waals surface area contributed by atoms with Gasteiger partial charge in [0.25, 0.3) is 0 Å². The summed E-state index contributed by atoms with van der Waals surface area (Å²) in [6.45, 7) is 4.09. The van der Waals surface area contributed by atoms with Crippen molar-refractivity contribution in [2.75, 3.05) is 56.9 Å². The number of hydrogen-bond donors (Lipinski definition) is 3. The minimum absolute atomic E-state index is 0.0374. The van der Waals surface area contributed by atoms with Gasteiger partial charge in [0.1, 0.15) is 17.6 Å². The van der Waals surface area contributed by atoms with E-state index in [9.17, 15) is 14.4 Å². The monoisotopic (exact) mass is 416 g/mol. The number of carbonyl (C=O) groups is 3. The van der Waals surface area contributed by atoms with Gasteiger partial charge in [0.2, 0.25) is 17.7 Å². The maximum Gasteiger partial charge on any atom is 0.234 e. The Kier molecular flexibility index (Phi) is 16.2. The van der Waals surface area contributed by atoms with Crippen LogP contribution in [0.25, 0.3) is 0 Å². The summed E-state index contributed by atoms with van der Waals surface area (Å²) < 4.78 is 0. The third kappa shape index (κ3) is 15.2. The average Bonchev–Trinajstić information content (AvgIpc) is 2.63. The maximum absolute atomic E-state index is 11.1. The van der Waals surface area contributed by atoms with Crippen molar-refractivity contribution in [3.05, 3.63) is 0 Å². The molecule has 0 spiro atoms. The Morgan fingerprint density at radius 2 is 0.880 bits per heavy atom. The average molecular weight is 418 g/mol. The number of rotatable bonds is 15. The van der Waals surface area contributed by atoms with E-state index < -0.39 is 0 Å². The van der Waals surface area contributed by atoms with Gasteiger partial charge in [-0.1, -0.05) is 0 Å². The second-order valence-electron chi connectivity index (χ2n) is 5.35. The van der Waals surface area contributed by atoms with Crippen molar-refractivity contribution in [3.63, 3.8) is 0 Å². The molecule has 0 aliphatic carbocycles. The summed E-state index contributed by atoms with van der Waals surface area (Å²) in [5, 5.41) is 8.18. The number of nitrogens with zero attached hydrogens (tertiary/aromatic N) is 1. The Labute approximate surface area is 164 Å². The highest BCUT2D eigenvalue weighted by Crippen LogP contribution is 1.97. The minimum Gasteiger partial charge on any atom is -0.355 e. The van der Waals surface area contributed by atoms with Crippen LogP contribution in [0.5, 0.6) is 0 Å². The van der Waals surface area contributed by atoms with Gasteiger partial charge in [-0.2, -0.15) is 0 Å². The topological polar surface area (TPSA) is 90.5 Å². The molecule has 0 radical (unpaired) electrons. The summed E-state index contributed by atoms with van der Waals surface area (Å²) in [6.07, 6.45) is 2.39. The van der Waals surface area contributed by atoms with E-state index >= 15 is 0 Å². The highest BCUT2D eigenvalue weighted by molar-refractivity contribution is 6.27. The molecule has 0 saturated heterocycles. The van der Waals surface area contributed by atoms with Crippen LogP contribution in [0, 0.1) is 0 Å². The fourth-order valence-electron chi connectivity index (χ4n) is 2.07. The third-order valence-corrected chi connectivity index (χ3v) is 4.01. The van der Waals surface area contributed by atoms with Crippen LogP contribution in [0.2, 0.25) is 0 Å². The predicted molar refractivity (Wildman–Crippen MR) is 101 cm³/mol. The molecule has 0 unspecified atom stereocenters. The molecule has 0 aliphatic heterocycles. The lowest BCUT2D eigenvalue weighted by Gasteiger charge is -2.22. The first-order valence-corrected chi connectivity index (χ1v) is 9.84. The van der Waals surface area contributed by atoms with Crippen LogP contribution >= 0.6 is 34.8 Å². The SMILES string of the molecule is O=C(CCl)NCCCN(CCCNC(=O)CCl)CCCNC(=O)CCl. The summed E-state index contributed by atoms with van der Waals surface area (Å²) in [5.74, 6) is -0.652. The minimum atomic E-state index is -0.180. The summed E-state index contributed by atoms with van der Waals surface area (Å²) in [6, 6.07) is 0. The molecule has 3 N–H and O–H groups in total. The number of halogens is 3. The Morgan fingerprint density at radius 1 is 0.600 bits per heavy atom. The van der Waals surface area contributed by atoms with E-state index in [2.05, 4.69) is 20.9 Å². The molecule has 146 valence electrons. The largest absolute Gasteiger partial charge is 0.355 e. The van der Waals surface area contributed by atoms with Crippen molar-refractivity contribution in [3.8, 4) is 0 Å². The van der Waals surface area contributed by atoms with Crippen molar-refractivity contribution in [2.45, 2.75) is 19.3 Å². The van der Waals surface area contributed by atoms with Gasteiger partial charge in [-0.15, -0.1) is 34.8 Å². The van der Waals surface area contributed by atoms with Crippen LogP contribution < -0.4 is 16.0 Å². The molecular weight excluding hydrogens is 391 g/mol. The van der Waals surface area contributed by atoms with Crippen molar-refractivity contribution >= 4 is 52.5 Å². The lowest BCUT2D eigenvalue weighted by Crippen LogP contribution is -2.35. The smallest absolute Gasteiger partial charge is 0.234 e. The van der Waals surface area contributed by atoms with Crippen LogP contribution in [0.3, 0.4) is 0 Å². The molecule has 0 aromatic carbocycles. The lowest BCUT2D eigenvalue weighted by atomic mass is 10.3. The first-order chi connectivity index (χ1) is 12.0. The molecule has 0 aromatic heterocycles. The summed E-state index contributed by atoms with van der Waals surface area (Å²) in [7, 11) is 0. The number of alkyl halides is 3. The zero-order valence-electron chi connectivity index (χ0n) is 14.3. The van der Waals surface area contributed by atoms with E-state index in [1.807, 2.05) is 0 Å². The van der Waals surface area contributed by atoms with Crippen LogP contribution in [-0.4, -0.2) is 79.5 Å². The Balaban J connectivity index is 4.05. The first-order valence-electron chi connectivity index (χ1n) is 8.23. The van der Waals surface area contributed by atoms with Crippen LogP contribution in [0.15, 0.2) is 0 Å². The normalized spacial score (nSPS) is 10.6. The molecule has 0 aliphatic rings. The molecule has 25 heavy (non-hydrogen) atoms. The van der Waals surface area contributed by atoms with Crippen LogP contribution in [-0.2, 0) is 14.4 Å². The van der Waals surface area contributed by atoms with Crippen molar-refractivity contribution in [1.29, 1.82) is 0 Å². The van der Waals surface area contributed by atoms with E-state index in [0.717, 1.165) is 38.9 Å². The van der Waals surface area contributed by atoms with Crippen molar-refractivity contribution < 1.29 is 14.4 Å². The summed E-state index contributed by atoms with van der Waals surface area (Å²) in [4.78, 5) is 35.5. The van der Waals surface area contributed by atoms with E-state index in [-0.39, 0.29) is 35.4 Å². The fourth-order valence-corrected chi connectivity index (χ4v) is 2.35. The highest BCUT2D eigenvalue weighted by Gasteiger charge is 2.07. The fraction of sp³-hybridized carbons (Fsp3) is 0.800. The van der Waals surface area contributed by atoms with Gasteiger partial charge in [-0.3, -0.25) is 14.4 Å². The van der Waals surface area contributed by atoms with Crippen LogP contribution in [0.1, 0.15) is 19.3 Å². The molecule has 0 fully saturated rings. The van der Waals surface area contributed by atoms with E-state index in [1.165, 1.54) is 0 Å². The predicted octanol–water partition coefficient (Wildman–Crippen LogP) is 0.524. The van der Waals surface area contributed by atoms with Gasteiger partial charge >= 0.3 is 0 Å². The highest BCUT2D eigenvalue weighted by atomic mass is 35.5. The molecule has 3 amide bonds. The Hall–Kier alpha value is -0.760. The Morgan fingerprint density at radius 3 is 1.12 bits per heavy atom. The van der Waals surface area contributed by atoms with Crippen LogP contribution in [0.4, 0.5) is 0 Å². The molecule has 7 nitrogen and oxygen atoms in total. The zero-order chi connectivity index (χ0) is 18.9. The lowest BCUT2D eigenvalue weighted by molar-refractivity contribution is -0.119. The third-order valence-electron chi connectivity index (χ3n) is 3.28. The van der Waals surface area contributed by atoms with E-state index in [4.69, 9.17) is 34.8 Å². The second kappa shape index (κ2) is 16.7. The first kappa shape index (κ1) is 24.2. The van der Waals surface area contributed by atoms with Gasteiger partial charge in [-0.25, -0.2) is 0 Å². The van der Waals surface area contributed by atoms with Gasteiger partial charge in [0.15, 0.2) is 0 Å². The molecule has 0 bridgehead atoms. The molecule has 0 heterocycles. The molecule has 0 atom stereocenters. The number of carbonyl (C=O) groups excluding carboxylic acids is 3. The summed E-state index contributed by atoms with van der Waals surface area (Å²) in [5.41, 5.74) is 0. The van der Waals surface area contributed by atoms with Crippen molar-refractivity contribution in [1.82, 2.24) is 20.9 Å². The zero-order valence-corrected chi connectivity index (χ0v) is 16.6. The van der Waals surface area contributed by atoms with Crippen molar-refractivity contribution in [2.24, 2.45) is 0 Å². The van der Waals surface area contributed by atoms with E-state index in [0.29, 0.717) is 19.6 Å². The van der Waals surface area contributed by atoms with E-state index in [1.54, 1.807) is 0 Å². The van der Waals surface area contributed by atoms with Gasteiger partial charge in [0.05, 0.1) is 0 Å². The standard InChI is InChI=1S/C15H27Cl3N4O3/c16-10-13(23)19-4-1-7-22(8-2-5-20-14(24)11-17)9-3-6-21-15(25)12-18/h1-12H2,(H,19,23)(H,20,24)(H,21,25). The quantitative estimate of drug-likeness (QED) is 0.268. The Bertz CT molecular complexity index is 343. The van der Waals surface area contributed by atoms with Gasteiger partial charge in [0, 0.05) is 19.6 Å². The second-order valence-corrected chi connectivity index (χ2v) is 6.15.